The van der Waals surface area contributed by atoms with E-state index in [-0.39, 0.29) is 12.0 Å². The molecule has 1 unspecified atom stereocenters. The molecule has 0 rings (SSSR count). The van der Waals surface area contributed by atoms with Crippen LogP contribution in [0.2, 0.25) is 0 Å². The molecule has 1 atom stereocenters. The van der Waals surface area contributed by atoms with Crippen LogP contribution in [-0.2, 0) is 9.53 Å². The van der Waals surface area contributed by atoms with Crippen LogP contribution >= 0.6 is 11.6 Å². The Labute approximate surface area is 96.8 Å². The van der Waals surface area contributed by atoms with Gasteiger partial charge in [-0.05, 0) is 24.8 Å². The molecule has 0 aliphatic heterocycles. The fourth-order valence-electron chi connectivity index (χ4n) is 1.20. The second kappa shape index (κ2) is 7.71. The van der Waals surface area contributed by atoms with E-state index in [4.69, 9.17) is 16.3 Å². The molecule has 0 amide bonds. The average molecular weight is 234 g/mol. The van der Waals surface area contributed by atoms with E-state index in [0.29, 0.717) is 12.5 Å². The number of nitrogens with one attached hydrogen (secondary N) is 1. The van der Waals surface area contributed by atoms with Crippen molar-refractivity contribution in [3.8, 4) is 0 Å². The minimum absolute atomic E-state index is 0.217. The Morgan fingerprint density at radius 3 is 2.53 bits per heavy atom. The molecule has 1 N–H and O–H groups in total. The van der Waals surface area contributed by atoms with Crippen LogP contribution in [0, 0.1) is 5.92 Å². The molecule has 0 aromatic heterocycles. The van der Waals surface area contributed by atoms with Gasteiger partial charge in [-0.1, -0.05) is 25.4 Å². The van der Waals surface area contributed by atoms with Crippen LogP contribution < -0.4 is 5.32 Å². The van der Waals surface area contributed by atoms with Gasteiger partial charge < -0.3 is 10.1 Å². The van der Waals surface area contributed by atoms with Crippen LogP contribution in [0.25, 0.3) is 0 Å². The second-order valence-electron chi connectivity index (χ2n) is 4.04. The summed E-state index contributed by atoms with van der Waals surface area (Å²) in [5.74, 6) is 0.230. The van der Waals surface area contributed by atoms with E-state index in [9.17, 15) is 4.79 Å². The van der Waals surface area contributed by atoms with E-state index < -0.39 is 0 Å². The van der Waals surface area contributed by atoms with Gasteiger partial charge in [0.05, 0.1) is 7.11 Å². The van der Waals surface area contributed by atoms with Crippen molar-refractivity contribution in [3.05, 3.63) is 11.1 Å². The lowest BCUT2D eigenvalue weighted by Gasteiger charge is -2.18. The van der Waals surface area contributed by atoms with E-state index >= 15 is 0 Å². The van der Waals surface area contributed by atoms with Gasteiger partial charge in [-0.2, -0.15) is 0 Å². The first-order chi connectivity index (χ1) is 7.01. The Morgan fingerprint density at radius 2 is 2.13 bits per heavy atom. The predicted octanol–water partition coefficient (Wildman–Crippen LogP) is 2.31. The average Bonchev–Trinajstić information content (AvgIpc) is 2.21. The Hall–Kier alpha value is -0.540. The smallest absolute Gasteiger partial charge is 0.322 e. The van der Waals surface area contributed by atoms with Crippen molar-refractivity contribution >= 4 is 17.6 Å². The summed E-state index contributed by atoms with van der Waals surface area (Å²) in [6, 6.07) is -0.249. The Kier molecular flexibility index (Phi) is 7.44. The molecule has 0 radical (unpaired) electrons. The molecule has 0 saturated carbocycles. The van der Waals surface area contributed by atoms with Crippen LogP contribution in [0.3, 0.4) is 0 Å². The Balaban J connectivity index is 4.19. The van der Waals surface area contributed by atoms with Crippen molar-refractivity contribution < 1.29 is 9.53 Å². The van der Waals surface area contributed by atoms with Crippen molar-refractivity contribution in [2.45, 2.75) is 33.2 Å². The SMILES string of the molecule is COC(=O)C(CC(C)C)NCC(C)=CCl. The van der Waals surface area contributed by atoms with E-state index in [2.05, 4.69) is 19.2 Å². The molecule has 0 bridgehead atoms. The lowest BCUT2D eigenvalue weighted by molar-refractivity contribution is -0.143. The number of esters is 1. The molecule has 4 heteroatoms. The summed E-state index contributed by atoms with van der Waals surface area (Å²) in [6.07, 6.45) is 0.766. The highest BCUT2D eigenvalue weighted by atomic mass is 35.5. The van der Waals surface area contributed by atoms with Gasteiger partial charge in [0.1, 0.15) is 6.04 Å². The zero-order valence-electron chi connectivity index (χ0n) is 9.84. The molecule has 0 aromatic rings. The number of halogens is 1. The lowest BCUT2D eigenvalue weighted by Crippen LogP contribution is -2.39. The monoisotopic (exact) mass is 233 g/mol. The first-order valence-electron chi connectivity index (χ1n) is 5.08. The molecular weight excluding hydrogens is 214 g/mol. The van der Waals surface area contributed by atoms with Gasteiger partial charge in [0.15, 0.2) is 0 Å². The van der Waals surface area contributed by atoms with Crippen molar-refractivity contribution in [2.24, 2.45) is 5.92 Å². The molecule has 0 heterocycles. The zero-order chi connectivity index (χ0) is 11.8. The number of carbonyl (C=O) groups is 1. The fraction of sp³-hybridized carbons (Fsp3) is 0.727. The quantitative estimate of drug-likeness (QED) is 0.716. The summed E-state index contributed by atoms with van der Waals surface area (Å²) < 4.78 is 4.73. The van der Waals surface area contributed by atoms with Gasteiger partial charge in [-0.3, -0.25) is 4.79 Å². The largest absolute Gasteiger partial charge is 0.468 e. The van der Waals surface area contributed by atoms with Gasteiger partial charge in [-0.15, -0.1) is 0 Å². The van der Waals surface area contributed by atoms with Gasteiger partial charge in [0.2, 0.25) is 0 Å². The zero-order valence-corrected chi connectivity index (χ0v) is 10.6. The first kappa shape index (κ1) is 14.5. The third-order valence-corrected chi connectivity index (χ3v) is 2.38. The highest BCUT2D eigenvalue weighted by molar-refractivity contribution is 6.25. The van der Waals surface area contributed by atoms with Crippen molar-refractivity contribution in [3.63, 3.8) is 0 Å². The summed E-state index contributed by atoms with van der Waals surface area (Å²) in [7, 11) is 1.40. The van der Waals surface area contributed by atoms with E-state index in [0.717, 1.165) is 12.0 Å². The maximum Gasteiger partial charge on any atom is 0.322 e. The van der Waals surface area contributed by atoms with Crippen molar-refractivity contribution in [1.29, 1.82) is 0 Å². The van der Waals surface area contributed by atoms with Crippen LogP contribution in [0.1, 0.15) is 27.2 Å². The maximum absolute atomic E-state index is 11.4. The summed E-state index contributed by atoms with van der Waals surface area (Å²) in [5.41, 5.74) is 2.51. The predicted molar refractivity (Wildman–Crippen MR) is 62.9 cm³/mol. The van der Waals surface area contributed by atoms with Gasteiger partial charge in [-0.25, -0.2) is 0 Å². The van der Waals surface area contributed by atoms with Crippen LogP contribution in [-0.4, -0.2) is 25.7 Å². The normalized spacial score (nSPS) is 14.1. The highest BCUT2D eigenvalue weighted by Crippen LogP contribution is 2.06. The molecule has 0 saturated heterocycles. The van der Waals surface area contributed by atoms with Crippen molar-refractivity contribution in [2.75, 3.05) is 13.7 Å². The standard InChI is InChI=1S/C11H20ClNO2/c1-8(2)5-10(11(14)15-4)13-7-9(3)6-12/h6,8,10,13H,5,7H2,1-4H3. The Bertz CT molecular complexity index is 227. The number of carbonyl (C=O) groups excluding carboxylic acids is 1. The molecular formula is C11H20ClNO2. The molecule has 15 heavy (non-hydrogen) atoms. The molecule has 0 aliphatic rings. The molecule has 88 valence electrons. The molecule has 3 nitrogen and oxygen atoms in total. The Morgan fingerprint density at radius 1 is 1.53 bits per heavy atom. The maximum atomic E-state index is 11.4. The molecule has 0 aliphatic carbocycles. The summed E-state index contributed by atoms with van der Waals surface area (Å²) in [4.78, 5) is 11.4. The van der Waals surface area contributed by atoms with Gasteiger partial charge in [0, 0.05) is 12.1 Å². The number of ether oxygens (including phenoxy) is 1. The van der Waals surface area contributed by atoms with E-state index in [1.807, 2.05) is 6.92 Å². The summed E-state index contributed by atoms with van der Waals surface area (Å²) in [6.45, 7) is 6.66. The van der Waals surface area contributed by atoms with Crippen LogP contribution in [0.4, 0.5) is 0 Å². The third kappa shape index (κ3) is 6.52. The number of hydrogen-bond acceptors (Lipinski definition) is 3. The molecule has 0 aromatic carbocycles. The van der Waals surface area contributed by atoms with Crippen molar-refractivity contribution in [1.82, 2.24) is 5.32 Å². The second-order valence-corrected chi connectivity index (χ2v) is 4.26. The fourth-order valence-corrected chi connectivity index (χ4v) is 1.28. The minimum atomic E-state index is -0.249. The minimum Gasteiger partial charge on any atom is -0.468 e. The number of hydrogen-bond donors (Lipinski definition) is 1. The molecule has 0 fully saturated rings. The topological polar surface area (TPSA) is 38.3 Å². The highest BCUT2D eigenvalue weighted by Gasteiger charge is 2.19. The molecule has 0 spiro atoms. The van der Waals surface area contributed by atoms with Crippen LogP contribution in [0.5, 0.6) is 0 Å². The van der Waals surface area contributed by atoms with Gasteiger partial charge >= 0.3 is 5.97 Å². The van der Waals surface area contributed by atoms with E-state index in [1.54, 1.807) is 0 Å². The van der Waals surface area contributed by atoms with E-state index in [1.165, 1.54) is 12.6 Å². The summed E-state index contributed by atoms with van der Waals surface area (Å²) >= 11 is 5.54. The number of methoxy groups -OCH3 is 1. The number of rotatable bonds is 6. The first-order valence-corrected chi connectivity index (χ1v) is 5.52. The van der Waals surface area contributed by atoms with Crippen LogP contribution in [0.15, 0.2) is 11.1 Å². The summed E-state index contributed by atoms with van der Waals surface area (Å²) in [5, 5.41) is 3.13. The lowest BCUT2D eigenvalue weighted by atomic mass is 10.0. The third-order valence-electron chi connectivity index (χ3n) is 2.01. The van der Waals surface area contributed by atoms with Gasteiger partial charge in [0.25, 0.3) is 0 Å².